The standard InChI is InChI=1S/C19H21N5O2.C8H19NO2S.C2HF3O.CH4O/c1-2-12-11-21-18-14(12)9-13(10-15(18)19(20)25)16-3-4-17(23-22-16)24-5-7-26-8-6-24;1-4-7-8-9(5-2)12(10,11)6-3;3-2(4,5)1-6;1-2/h3-4,9-11,21H,2,5-8H2,1H3,(H2,20,25);4-8H2,1-3H3;1H;2H,1H3. The lowest BCUT2D eigenvalue weighted by atomic mass is 10.0. The summed E-state index contributed by atoms with van der Waals surface area (Å²) in [5, 5.41) is 16.7. The molecule has 16 heteroatoms. The molecule has 0 spiro atoms. The molecule has 0 bridgehead atoms. The molecule has 1 fully saturated rings. The number of unbranched alkanes of at least 4 members (excludes halogenated alkanes) is 1. The molecule has 258 valence electrons. The number of hydrogen-bond acceptors (Lipinski definition) is 9. The monoisotopic (exact) mass is 674 g/mol. The van der Waals surface area contributed by atoms with Crippen LogP contribution in [0.4, 0.5) is 19.0 Å². The zero-order valence-electron chi connectivity index (χ0n) is 26.9. The largest absolute Gasteiger partial charge is 0.446 e. The van der Waals surface area contributed by atoms with Crippen molar-refractivity contribution in [2.45, 2.75) is 53.1 Å². The number of fused-ring (bicyclic) bond motifs is 1. The van der Waals surface area contributed by atoms with E-state index in [9.17, 15) is 26.4 Å². The molecule has 1 saturated heterocycles. The zero-order valence-corrected chi connectivity index (χ0v) is 27.7. The Bertz CT molecular complexity index is 1460. The number of benzene rings is 1. The van der Waals surface area contributed by atoms with Crippen LogP contribution >= 0.6 is 0 Å². The molecule has 0 saturated carbocycles. The van der Waals surface area contributed by atoms with Gasteiger partial charge < -0.3 is 25.5 Å². The first kappa shape index (κ1) is 40.4. The first-order chi connectivity index (χ1) is 21.8. The second kappa shape index (κ2) is 19.8. The van der Waals surface area contributed by atoms with Crippen molar-refractivity contribution in [3.05, 3.63) is 41.6 Å². The number of amides is 1. The number of aromatic amines is 1. The quantitative estimate of drug-likeness (QED) is 0.270. The van der Waals surface area contributed by atoms with Crippen molar-refractivity contribution >= 4 is 38.9 Å². The van der Waals surface area contributed by atoms with Crippen LogP contribution in [0.25, 0.3) is 22.2 Å². The first-order valence-electron chi connectivity index (χ1n) is 14.9. The average Bonchev–Trinajstić information content (AvgIpc) is 3.49. The van der Waals surface area contributed by atoms with Crippen molar-refractivity contribution < 1.29 is 41.0 Å². The number of aliphatic hydroxyl groups excluding tert-OH is 1. The number of nitrogens with two attached hydrogens (primary N) is 1. The summed E-state index contributed by atoms with van der Waals surface area (Å²) in [5.41, 5.74) is 9.52. The number of rotatable bonds is 10. The van der Waals surface area contributed by atoms with E-state index in [2.05, 4.69) is 33.9 Å². The van der Waals surface area contributed by atoms with Gasteiger partial charge in [0.2, 0.25) is 16.3 Å². The van der Waals surface area contributed by atoms with Crippen LogP contribution in [0.5, 0.6) is 0 Å². The highest BCUT2D eigenvalue weighted by molar-refractivity contribution is 7.89. The number of alkyl halides is 3. The van der Waals surface area contributed by atoms with Crippen molar-refractivity contribution in [1.29, 1.82) is 0 Å². The van der Waals surface area contributed by atoms with E-state index >= 15 is 0 Å². The number of carbonyl (C=O) groups is 2. The predicted octanol–water partition coefficient (Wildman–Crippen LogP) is 3.94. The van der Waals surface area contributed by atoms with Crippen LogP contribution in [0.3, 0.4) is 0 Å². The fourth-order valence-corrected chi connectivity index (χ4v) is 5.54. The van der Waals surface area contributed by atoms with Gasteiger partial charge in [-0.05, 0) is 49.6 Å². The fourth-order valence-electron chi connectivity index (χ4n) is 4.37. The lowest BCUT2D eigenvalue weighted by Gasteiger charge is -2.27. The highest BCUT2D eigenvalue weighted by atomic mass is 32.2. The van der Waals surface area contributed by atoms with Gasteiger partial charge >= 0.3 is 6.18 Å². The molecule has 1 aromatic carbocycles. The van der Waals surface area contributed by atoms with Crippen molar-refractivity contribution in [3.8, 4) is 11.3 Å². The van der Waals surface area contributed by atoms with Crippen LogP contribution in [-0.4, -0.2) is 104 Å². The number of nitrogens with zero attached hydrogens (tertiary/aromatic N) is 4. The third-order valence-electron chi connectivity index (χ3n) is 6.81. The number of nitrogens with one attached hydrogen (secondary N) is 1. The van der Waals surface area contributed by atoms with Crippen LogP contribution < -0.4 is 10.6 Å². The summed E-state index contributed by atoms with van der Waals surface area (Å²) in [7, 11) is -1.95. The lowest BCUT2D eigenvalue weighted by Crippen LogP contribution is -2.36. The Kier molecular flexibility index (Phi) is 17.4. The van der Waals surface area contributed by atoms with Crippen molar-refractivity contribution in [2.75, 3.05) is 57.2 Å². The molecule has 0 radical (unpaired) electrons. The van der Waals surface area contributed by atoms with Gasteiger partial charge in [0, 0.05) is 50.4 Å². The molecule has 12 nitrogen and oxygen atoms in total. The topological polar surface area (TPSA) is 172 Å². The smallest absolute Gasteiger partial charge is 0.400 e. The van der Waals surface area contributed by atoms with Crippen LogP contribution in [0.15, 0.2) is 30.5 Å². The van der Waals surface area contributed by atoms with E-state index in [1.54, 1.807) is 17.3 Å². The number of hydrogen-bond donors (Lipinski definition) is 3. The van der Waals surface area contributed by atoms with Crippen LogP contribution in [0, 0.1) is 0 Å². The van der Waals surface area contributed by atoms with Crippen LogP contribution in [-0.2, 0) is 26.0 Å². The van der Waals surface area contributed by atoms with Crippen molar-refractivity contribution in [1.82, 2.24) is 19.5 Å². The zero-order chi connectivity index (χ0) is 34.9. The number of carbonyl (C=O) groups excluding carboxylic acids is 2. The minimum absolute atomic E-state index is 0.213. The van der Waals surface area contributed by atoms with E-state index < -0.39 is 28.4 Å². The molecule has 3 heterocycles. The molecule has 4 rings (SSSR count). The van der Waals surface area contributed by atoms with E-state index in [1.807, 2.05) is 31.3 Å². The summed E-state index contributed by atoms with van der Waals surface area (Å²) in [6, 6.07) is 7.70. The molecule has 0 unspecified atom stereocenters. The molecule has 1 aliphatic heterocycles. The third kappa shape index (κ3) is 12.3. The van der Waals surface area contributed by atoms with Gasteiger partial charge in [-0.1, -0.05) is 27.2 Å². The van der Waals surface area contributed by atoms with E-state index in [1.165, 1.54) is 0 Å². The molecule has 3 aromatic rings. The molecule has 46 heavy (non-hydrogen) atoms. The summed E-state index contributed by atoms with van der Waals surface area (Å²) >= 11 is 0. The van der Waals surface area contributed by atoms with Gasteiger partial charge in [0.25, 0.3) is 5.91 Å². The first-order valence-corrected chi connectivity index (χ1v) is 16.5. The number of sulfonamides is 1. The summed E-state index contributed by atoms with van der Waals surface area (Å²) < 4.78 is 60.9. The highest BCUT2D eigenvalue weighted by Gasteiger charge is 2.25. The van der Waals surface area contributed by atoms with Gasteiger partial charge in [0.15, 0.2) is 5.82 Å². The Morgan fingerprint density at radius 3 is 2.22 bits per heavy atom. The number of morpholine rings is 1. The number of aromatic nitrogens is 3. The van der Waals surface area contributed by atoms with Crippen LogP contribution in [0.1, 0.15) is 56.5 Å². The lowest BCUT2D eigenvalue weighted by molar-refractivity contribution is -0.156. The number of aldehydes is 1. The van der Waals surface area contributed by atoms with E-state index in [0.717, 1.165) is 73.0 Å². The molecular formula is C30H45F3N6O6S. The summed E-state index contributed by atoms with van der Waals surface area (Å²) in [6.45, 7) is 12.0. The number of H-pyrrole nitrogens is 1. The summed E-state index contributed by atoms with van der Waals surface area (Å²) in [4.78, 5) is 25.9. The fraction of sp³-hybridized carbons (Fsp3) is 0.533. The Morgan fingerprint density at radius 1 is 1.13 bits per heavy atom. The SMILES string of the molecule is CCCCN(CC)S(=O)(=O)CC.CCc1c[nH]c2c(C(N)=O)cc(-c3ccc(N4CCOCC4)nn3)cc12.CO.O=CC(F)(F)F. The molecule has 0 atom stereocenters. The van der Waals surface area contributed by atoms with Crippen molar-refractivity contribution in [3.63, 3.8) is 0 Å². The van der Waals surface area contributed by atoms with E-state index in [0.29, 0.717) is 31.9 Å². The Hall–Kier alpha value is -3.60. The Morgan fingerprint density at radius 2 is 1.76 bits per heavy atom. The number of aryl methyl sites for hydroxylation is 1. The summed E-state index contributed by atoms with van der Waals surface area (Å²) in [6.07, 6.45) is -0.923. The molecule has 0 aliphatic carbocycles. The number of primary amides is 1. The van der Waals surface area contributed by atoms with E-state index in [4.69, 9.17) is 20.4 Å². The highest BCUT2D eigenvalue weighted by Crippen LogP contribution is 2.29. The third-order valence-corrected chi connectivity index (χ3v) is 8.77. The number of anilines is 1. The van der Waals surface area contributed by atoms with Gasteiger partial charge in [-0.2, -0.15) is 13.2 Å². The summed E-state index contributed by atoms with van der Waals surface area (Å²) in [5.74, 6) is 0.591. The van der Waals surface area contributed by atoms with Gasteiger partial charge in [-0.15, -0.1) is 10.2 Å². The van der Waals surface area contributed by atoms with Gasteiger partial charge in [0.1, 0.15) is 0 Å². The molecule has 1 amide bonds. The molecular weight excluding hydrogens is 629 g/mol. The molecule has 1 aliphatic rings. The van der Waals surface area contributed by atoms with Gasteiger partial charge in [-0.25, -0.2) is 12.7 Å². The maximum absolute atomic E-state index is 11.9. The predicted molar refractivity (Wildman–Crippen MR) is 172 cm³/mol. The van der Waals surface area contributed by atoms with Crippen LogP contribution in [0.2, 0.25) is 0 Å². The molecule has 4 N–H and O–H groups in total. The minimum Gasteiger partial charge on any atom is -0.400 e. The Labute approximate surface area is 268 Å². The number of aliphatic hydroxyl groups is 1. The van der Waals surface area contributed by atoms with Gasteiger partial charge in [0.05, 0.1) is 35.7 Å². The normalized spacial score (nSPS) is 13.1. The second-order valence-corrected chi connectivity index (χ2v) is 12.0. The maximum atomic E-state index is 11.9. The van der Waals surface area contributed by atoms with E-state index in [-0.39, 0.29) is 5.75 Å². The average molecular weight is 675 g/mol. The number of ether oxygens (including phenoxy) is 1. The second-order valence-electron chi connectivity index (χ2n) is 9.76. The minimum atomic E-state index is -4.64. The van der Waals surface area contributed by atoms with Crippen molar-refractivity contribution in [2.24, 2.45) is 5.73 Å². The Balaban J connectivity index is 0.000000442. The molecule has 2 aromatic heterocycles. The number of halogens is 3. The van der Waals surface area contributed by atoms with Gasteiger partial charge in [-0.3, -0.25) is 9.59 Å². The maximum Gasteiger partial charge on any atom is 0.446 e.